The summed E-state index contributed by atoms with van der Waals surface area (Å²) in [6.45, 7) is 6.64. The second kappa shape index (κ2) is 3.57. The molecule has 0 radical (unpaired) electrons. The van der Waals surface area contributed by atoms with Gasteiger partial charge in [0.05, 0.1) is 0 Å². The Morgan fingerprint density at radius 1 is 1.44 bits per heavy atom. The zero-order valence-corrected chi connectivity index (χ0v) is 9.95. The maximum atomic E-state index is 5.87. The van der Waals surface area contributed by atoms with Crippen LogP contribution in [0.2, 0.25) is 0 Å². The molecule has 1 aliphatic heterocycles. The fourth-order valence-corrected chi connectivity index (χ4v) is 3.17. The maximum absolute atomic E-state index is 5.87. The van der Waals surface area contributed by atoms with Crippen LogP contribution in [0, 0.1) is 18.3 Å². The normalized spacial score (nSPS) is 32.8. The molecule has 2 aliphatic rings. The molecule has 1 heterocycles. The summed E-state index contributed by atoms with van der Waals surface area (Å²) in [5, 5.41) is 0. The Labute approximate surface area is 97.4 Å². The highest BCUT2D eigenvalue weighted by Gasteiger charge is 2.58. The highest BCUT2D eigenvalue weighted by molar-refractivity contribution is 5.26. The van der Waals surface area contributed by atoms with Crippen LogP contribution >= 0.6 is 0 Å². The molecule has 1 aliphatic carbocycles. The van der Waals surface area contributed by atoms with E-state index in [-0.39, 0.29) is 0 Å². The van der Waals surface area contributed by atoms with Crippen LogP contribution in [0.3, 0.4) is 0 Å². The van der Waals surface area contributed by atoms with Crippen LogP contribution in [0.4, 0.5) is 0 Å². The van der Waals surface area contributed by atoms with Crippen molar-refractivity contribution < 1.29 is 0 Å². The molecule has 1 saturated carbocycles. The number of likely N-dealkylation sites (tertiary alicyclic amines) is 1. The largest absolute Gasteiger partial charge is 0.330 e. The standard InChI is InChI=1S/C14H20N2/c1-11-4-2-3-5-12(11)7-16-8-13-6-14(13,9-15)10-16/h2-5,13H,6-10,15H2,1H3/t13-,14+/m0/s1. The summed E-state index contributed by atoms with van der Waals surface area (Å²) < 4.78 is 0. The highest BCUT2D eigenvalue weighted by atomic mass is 15.2. The van der Waals surface area contributed by atoms with Gasteiger partial charge in [-0.15, -0.1) is 0 Å². The van der Waals surface area contributed by atoms with Gasteiger partial charge in [0.25, 0.3) is 0 Å². The minimum absolute atomic E-state index is 0.503. The molecule has 1 saturated heterocycles. The molecule has 2 nitrogen and oxygen atoms in total. The number of fused-ring (bicyclic) bond motifs is 1. The Morgan fingerprint density at radius 2 is 2.25 bits per heavy atom. The number of benzene rings is 1. The van der Waals surface area contributed by atoms with Crippen molar-refractivity contribution in [2.75, 3.05) is 19.6 Å². The third kappa shape index (κ3) is 1.57. The third-order valence-corrected chi connectivity index (χ3v) is 4.44. The number of rotatable bonds is 3. The summed E-state index contributed by atoms with van der Waals surface area (Å²) in [6.07, 6.45) is 1.37. The van der Waals surface area contributed by atoms with Gasteiger partial charge in [-0.2, -0.15) is 0 Å². The topological polar surface area (TPSA) is 29.3 Å². The Morgan fingerprint density at radius 3 is 2.94 bits per heavy atom. The van der Waals surface area contributed by atoms with E-state index in [1.54, 1.807) is 0 Å². The maximum Gasteiger partial charge on any atom is 0.0236 e. The number of hydrogen-bond acceptors (Lipinski definition) is 2. The average molecular weight is 216 g/mol. The van der Waals surface area contributed by atoms with Crippen molar-refractivity contribution in [1.82, 2.24) is 4.90 Å². The van der Waals surface area contributed by atoms with Gasteiger partial charge in [-0.25, -0.2) is 0 Å². The number of nitrogens with two attached hydrogens (primary N) is 1. The van der Waals surface area contributed by atoms with E-state index in [0.29, 0.717) is 5.41 Å². The lowest BCUT2D eigenvalue weighted by atomic mass is 10.1. The molecule has 3 rings (SSSR count). The van der Waals surface area contributed by atoms with Gasteiger partial charge in [-0.05, 0) is 42.3 Å². The molecule has 0 bridgehead atoms. The van der Waals surface area contributed by atoms with Crippen LogP contribution in [0.1, 0.15) is 17.5 Å². The van der Waals surface area contributed by atoms with Gasteiger partial charge in [-0.3, -0.25) is 4.90 Å². The summed E-state index contributed by atoms with van der Waals surface area (Å²) >= 11 is 0. The fourth-order valence-electron chi connectivity index (χ4n) is 3.17. The predicted octanol–water partition coefficient (Wildman–Crippen LogP) is 1.78. The zero-order chi connectivity index (χ0) is 11.2. The predicted molar refractivity (Wildman–Crippen MR) is 66.1 cm³/mol. The number of hydrogen-bond donors (Lipinski definition) is 1. The van der Waals surface area contributed by atoms with Crippen LogP contribution < -0.4 is 5.73 Å². The number of nitrogens with zero attached hydrogens (tertiary/aromatic N) is 1. The molecule has 0 unspecified atom stereocenters. The molecule has 16 heavy (non-hydrogen) atoms. The molecule has 2 N–H and O–H groups in total. The molecule has 0 aromatic heterocycles. The van der Waals surface area contributed by atoms with E-state index in [0.717, 1.165) is 19.0 Å². The Hall–Kier alpha value is -0.860. The van der Waals surface area contributed by atoms with Crippen LogP contribution in [0.5, 0.6) is 0 Å². The van der Waals surface area contributed by atoms with Gasteiger partial charge in [0.2, 0.25) is 0 Å². The molecule has 2 heteroatoms. The lowest BCUT2D eigenvalue weighted by Gasteiger charge is -2.21. The van der Waals surface area contributed by atoms with Gasteiger partial charge in [0, 0.05) is 19.6 Å². The fraction of sp³-hybridized carbons (Fsp3) is 0.571. The minimum atomic E-state index is 0.503. The van der Waals surface area contributed by atoms with E-state index in [2.05, 4.69) is 36.1 Å². The molecule has 2 fully saturated rings. The lowest BCUT2D eigenvalue weighted by Crippen LogP contribution is -2.28. The monoisotopic (exact) mass is 216 g/mol. The first kappa shape index (κ1) is 10.3. The van der Waals surface area contributed by atoms with Crippen molar-refractivity contribution >= 4 is 0 Å². The quantitative estimate of drug-likeness (QED) is 0.834. The van der Waals surface area contributed by atoms with E-state index in [1.807, 2.05) is 0 Å². The second-order valence-electron chi connectivity index (χ2n) is 5.56. The third-order valence-electron chi connectivity index (χ3n) is 4.44. The first-order chi connectivity index (χ1) is 7.73. The van der Waals surface area contributed by atoms with Gasteiger partial charge in [0.1, 0.15) is 0 Å². The Kier molecular flexibility index (Phi) is 2.30. The zero-order valence-electron chi connectivity index (χ0n) is 9.95. The van der Waals surface area contributed by atoms with E-state index < -0.39 is 0 Å². The molecular formula is C14H20N2. The molecule has 1 aromatic carbocycles. The lowest BCUT2D eigenvalue weighted by molar-refractivity contribution is 0.274. The SMILES string of the molecule is Cc1ccccc1CN1C[C@@H]2C[C@@]2(CN)C1. The van der Waals surface area contributed by atoms with Crippen molar-refractivity contribution in [3.05, 3.63) is 35.4 Å². The smallest absolute Gasteiger partial charge is 0.0236 e. The molecule has 2 atom stereocenters. The Bertz CT molecular complexity index is 397. The summed E-state index contributed by atoms with van der Waals surface area (Å²) in [4.78, 5) is 2.57. The molecule has 0 spiro atoms. The van der Waals surface area contributed by atoms with Gasteiger partial charge < -0.3 is 5.73 Å². The van der Waals surface area contributed by atoms with Crippen LogP contribution in [0.25, 0.3) is 0 Å². The van der Waals surface area contributed by atoms with Crippen molar-refractivity contribution in [3.63, 3.8) is 0 Å². The van der Waals surface area contributed by atoms with E-state index in [4.69, 9.17) is 5.73 Å². The molecular weight excluding hydrogens is 196 g/mol. The second-order valence-corrected chi connectivity index (χ2v) is 5.56. The number of aryl methyl sites for hydroxylation is 1. The van der Waals surface area contributed by atoms with Crippen molar-refractivity contribution in [2.24, 2.45) is 17.1 Å². The van der Waals surface area contributed by atoms with Crippen LogP contribution in [0.15, 0.2) is 24.3 Å². The van der Waals surface area contributed by atoms with E-state index >= 15 is 0 Å². The van der Waals surface area contributed by atoms with Crippen molar-refractivity contribution in [2.45, 2.75) is 19.9 Å². The minimum Gasteiger partial charge on any atom is -0.330 e. The summed E-state index contributed by atoms with van der Waals surface area (Å²) in [7, 11) is 0. The van der Waals surface area contributed by atoms with Crippen molar-refractivity contribution in [3.8, 4) is 0 Å². The molecule has 0 amide bonds. The van der Waals surface area contributed by atoms with E-state index in [1.165, 1.54) is 30.6 Å². The van der Waals surface area contributed by atoms with Gasteiger partial charge in [-0.1, -0.05) is 24.3 Å². The van der Waals surface area contributed by atoms with Gasteiger partial charge >= 0.3 is 0 Å². The van der Waals surface area contributed by atoms with Crippen LogP contribution in [-0.2, 0) is 6.54 Å². The first-order valence-electron chi connectivity index (χ1n) is 6.20. The molecule has 86 valence electrons. The Balaban J connectivity index is 1.67. The first-order valence-corrected chi connectivity index (χ1v) is 6.20. The van der Waals surface area contributed by atoms with E-state index in [9.17, 15) is 0 Å². The summed E-state index contributed by atoms with van der Waals surface area (Å²) in [5.74, 6) is 0.890. The summed E-state index contributed by atoms with van der Waals surface area (Å²) in [6, 6.07) is 8.69. The summed E-state index contributed by atoms with van der Waals surface area (Å²) in [5.41, 5.74) is 9.25. The average Bonchev–Trinajstić information content (AvgIpc) is 2.86. The highest BCUT2D eigenvalue weighted by Crippen LogP contribution is 2.57. The molecule has 1 aromatic rings. The van der Waals surface area contributed by atoms with Crippen molar-refractivity contribution in [1.29, 1.82) is 0 Å². The number of piperidine rings is 1. The van der Waals surface area contributed by atoms with Gasteiger partial charge in [0.15, 0.2) is 0 Å². The van der Waals surface area contributed by atoms with Crippen LogP contribution in [-0.4, -0.2) is 24.5 Å².